The fourth-order valence-electron chi connectivity index (χ4n) is 2.29. The van der Waals surface area contributed by atoms with Crippen LogP contribution in [0.15, 0.2) is 30.3 Å². The van der Waals surface area contributed by atoms with Gasteiger partial charge < -0.3 is 14.8 Å². The minimum atomic E-state index is -0.369. The normalized spacial score (nSPS) is 13.4. The number of hydrogen-bond donors (Lipinski definition) is 1. The Balaban J connectivity index is 2.63. The van der Waals surface area contributed by atoms with Crippen LogP contribution in [0.2, 0.25) is 0 Å². The molecule has 0 saturated carbocycles. The molecule has 1 atom stereocenters. The Morgan fingerprint density at radius 2 is 1.68 bits per heavy atom. The molecule has 19 heavy (non-hydrogen) atoms. The van der Waals surface area contributed by atoms with Crippen LogP contribution < -0.4 is 5.32 Å². The molecule has 0 aliphatic rings. The smallest absolute Gasteiger partial charge is 0.143 e. The molecule has 0 fully saturated rings. The standard InChI is InChI=1S/C15H27NO2Si/c1-4-13(16-14-10-8-7-9-11-14)12-15(19,17-5-2)18-6-3/h7-11,13,16H,4-6,12H2,1-3,19H3. The predicted octanol–water partition coefficient (Wildman–Crippen LogP) is 2.36. The highest BCUT2D eigenvalue weighted by Gasteiger charge is 2.28. The molecule has 3 nitrogen and oxygen atoms in total. The van der Waals surface area contributed by atoms with Gasteiger partial charge in [0, 0.05) is 31.4 Å². The predicted molar refractivity (Wildman–Crippen MR) is 84.7 cm³/mol. The Morgan fingerprint density at radius 1 is 1.11 bits per heavy atom. The number of rotatable bonds is 9. The van der Waals surface area contributed by atoms with Crippen molar-refractivity contribution in [2.45, 2.75) is 45.1 Å². The first-order chi connectivity index (χ1) is 9.13. The molecule has 0 radical (unpaired) electrons. The average Bonchev–Trinajstić information content (AvgIpc) is 2.39. The molecule has 1 aromatic carbocycles. The Hall–Kier alpha value is -0.843. The molecular weight excluding hydrogens is 254 g/mol. The van der Waals surface area contributed by atoms with E-state index in [1.165, 1.54) is 0 Å². The quantitative estimate of drug-likeness (QED) is 0.557. The molecule has 0 aliphatic heterocycles. The summed E-state index contributed by atoms with van der Waals surface area (Å²) in [6, 6.07) is 10.7. The van der Waals surface area contributed by atoms with Crippen LogP contribution >= 0.6 is 0 Å². The maximum atomic E-state index is 5.84. The first kappa shape index (κ1) is 16.2. The molecular formula is C15H27NO2Si. The number of hydrogen-bond acceptors (Lipinski definition) is 3. The molecule has 1 unspecified atom stereocenters. The highest BCUT2D eigenvalue weighted by molar-refractivity contribution is 6.13. The van der Waals surface area contributed by atoms with E-state index in [1.54, 1.807) is 0 Å². The van der Waals surface area contributed by atoms with E-state index in [9.17, 15) is 0 Å². The fourth-order valence-corrected chi connectivity index (χ4v) is 3.36. The molecule has 0 bridgehead atoms. The van der Waals surface area contributed by atoms with Gasteiger partial charge in [-0.1, -0.05) is 25.1 Å². The minimum Gasteiger partial charge on any atom is -0.382 e. The van der Waals surface area contributed by atoms with E-state index in [4.69, 9.17) is 9.47 Å². The van der Waals surface area contributed by atoms with Crippen molar-refractivity contribution < 1.29 is 9.47 Å². The molecule has 0 spiro atoms. The van der Waals surface area contributed by atoms with Crippen LogP contribution in [-0.2, 0) is 9.47 Å². The second kappa shape index (κ2) is 8.35. The Labute approximate surface area is 120 Å². The zero-order chi connectivity index (χ0) is 14.1. The third-order valence-electron chi connectivity index (χ3n) is 3.15. The van der Waals surface area contributed by atoms with Crippen molar-refractivity contribution in [1.29, 1.82) is 0 Å². The van der Waals surface area contributed by atoms with Gasteiger partial charge in [-0.25, -0.2) is 0 Å². The summed E-state index contributed by atoms with van der Waals surface area (Å²) < 4.78 is 11.7. The summed E-state index contributed by atoms with van der Waals surface area (Å²) in [6.45, 7) is 7.64. The van der Waals surface area contributed by atoms with Crippen molar-refractivity contribution in [2.24, 2.45) is 0 Å². The lowest BCUT2D eigenvalue weighted by Gasteiger charge is -2.33. The van der Waals surface area contributed by atoms with Crippen LogP contribution in [0.1, 0.15) is 33.6 Å². The average molecular weight is 281 g/mol. The lowest BCUT2D eigenvalue weighted by Crippen LogP contribution is -2.42. The second-order valence-corrected chi connectivity index (χ2v) is 6.34. The van der Waals surface area contributed by atoms with Crippen LogP contribution in [0, 0.1) is 0 Å². The Morgan fingerprint density at radius 3 is 2.16 bits per heavy atom. The summed E-state index contributed by atoms with van der Waals surface area (Å²) >= 11 is 0. The van der Waals surface area contributed by atoms with Crippen molar-refractivity contribution in [3.8, 4) is 0 Å². The number of ether oxygens (including phenoxy) is 2. The molecule has 108 valence electrons. The summed E-state index contributed by atoms with van der Waals surface area (Å²) in [4.78, 5) is 0. The van der Waals surface area contributed by atoms with Crippen LogP contribution in [-0.4, -0.2) is 34.9 Å². The van der Waals surface area contributed by atoms with E-state index in [-0.39, 0.29) is 5.41 Å². The van der Waals surface area contributed by atoms with Gasteiger partial charge in [0.1, 0.15) is 5.41 Å². The Bertz CT molecular complexity index is 339. The third-order valence-corrected chi connectivity index (χ3v) is 4.14. The lowest BCUT2D eigenvalue weighted by molar-refractivity contribution is -0.178. The van der Waals surface area contributed by atoms with E-state index in [1.807, 2.05) is 32.0 Å². The number of anilines is 1. The summed E-state index contributed by atoms with van der Waals surface area (Å²) in [6.07, 6.45) is 1.95. The lowest BCUT2D eigenvalue weighted by atomic mass is 10.1. The second-order valence-electron chi connectivity index (χ2n) is 4.82. The van der Waals surface area contributed by atoms with Crippen molar-refractivity contribution in [1.82, 2.24) is 0 Å². The molecule has 0 saturated heterocycles. The maximum Gasteiger partial charge on any atom is 0.143 e. The number of para-hydroxylation sites is 1. The van der Waals surface area contributed by atoms with Gasteiger partial charge in [0.2, 0.25) is 0 Å². The summed E-state index contributed by atoms with van der Waals surface area (Å²) in [5.41, 5.74) is 0.790. The van der Waals surface area contributed by atoms with Gasteiger partial charge in [0.15, 0.2) is 0 Å². The van der Waals surface area contributed by atoms with Crippen molar-refractivity contribution in [2.75, 3.05) is 18.5 Å². The maximum absolute atomic E-state index is 5.84. The number of benzene rings is 1. The topological polar surface area (TPSA) is 30.5 Å². The van der Waals surface area contributed by atoms with Gasteiger partial charge in [0.05, 0.1) is 10.2 Å². The molecule has 1 rings (SSSR count). The molecule has 4 heteroatoms. The van der Waals surface area contributed by atoms with Crippen molar-refractivity contribution in [3.05, 3.63) is 30.3 Å². The minimum absolute atomic E-state index is 0.369. The molecule has 0 heterocycles. The van der Waals surface area contributed by atoms with Gasteiger partial charge in [-0.2, -0.15) is 0 Å². The highest BCUT2D eigenvalue weighted by atomic mass is 28.1. The van der Waals surface area contributed by atoms with Gasteiger partial charge in [-0.3, -0.25) is 0 Å². The van der Waals surface area contributed by atoms with Crippen LogP contribution in [0.5, 0.6) is 0 Å². The zero-order valence-corrected chi connectivity index (χ0v) is 14.6. The van der Waals surface area contributed by atoms with Crippen LogP contribution in [0.3, 0.4) is 0 Å². The Kier molecular flexibility index (Phi) is 7.13. The van der Waals surface area contributed by atoms with Gasteiger partial charge in [-0.15, -0.1) is 0 Å². The van der Waals surface area contributed by atoms with Crippen molar-refractivity contribution >= 4 is 15.9 Å². The first-order valence-electron chi connectivity index (χ1n) is 7.23. The van der Waals surface area contributed by atoms with Gasteiger partial charge in [0.25, 0.3) is 0 Å². The molecule has 1 N–H and O–H groups in total. The molecule has 1 aromatic rings. The molecule has 0 amide bonds. The summed E-state index contributed by atoms with van der Waals surface area (Å²) in [5.74, 6) is 0. The third kappa shape index (κ3) is 5.76. The van der Waals surface area contributed by atoms with Crippen LogP contribution in [0.4, 0.5) is 5.69 Å². The summed E-state index contributed by atoms with van der Waals surface area (Å²) in [5, 5.41) is 3.56. The molecule has 0 aliphatic carbocycles. The number of nitrogens with one attached hydrogen (secondary N) is 1. The fraction of sp³-hybridized carbons (Fsp3) is 0.600. The molecule has 0 aromatic heterocycles. The van der Waals surface area contributed by atoms with Gasteiger partial charge >= 0.3 is 0 Å². The van der Waals surface area contributed by atoms with Gasteiger partial charge in [-0.05, 0) is 32.4 Å². The monoisotopic (exact) mass is 281 g/mol. The van der Waals surface area contributed by atoms with E-state index < -0.39 is 0 Å². The van der Waals surface area contributed by atoms with E-state index in [0.717, 1.165) is 28.8 Å². The first-order valence-corrected chi connectivity index (χ1v) is 8.23. The van der Waals surface area contributed by atoms with Crippen LogP contribution in [0.25, 0.3) is 0 Å². The zero-order valence-electron chi connectivity index (χ0n) is 12.6. The largest absolute Gasteiger partial charge is 0.382 e. The van der Waals surface area contributed by atoms with Crippen molar-refractivity contribution in [3.63, 3.8) is 0 Å². The van der Waals surface area contributed by atoms with E-state index in [2.05, 4.69) is 24.4 Å². The van der Waals surface area contributed by atoms with E-state index in [0.29, 0.717) is 19.3 Å². The summed E-state index contributed by atoms with van der Waals surface area (Å²) in [7, 11) is 0.873. The van der Waals surface area contributed by atoms with E-state index >= 15 is 0 Å². The highest BCUT2D eigenvalue weighted by Crippen LogP contribution is 2.21. The SMILES string of the molecule is CCOC([SiH3])(CC(CC)Nc1ccccc1)OCC.